The molecule has 0 aliphatic carbocycles. The summed E-state index contributed by atoms with van der Waals surface area (Å²) in [4.78, 5) is 9.34. The molecule has 0 aliphatic heterocycles. The average Bonchev–Trinajstić information content (AvgIpc) is 3.04. The Bertz CT molecular complexity index is 1820. The number of pyridine rings is 2. The van der Waals surface area contributed by atoms with Crippen LogP contribution in [0.3, 0.4) is 0 Å². The summed E-state index contributed by atoms with van der Waals surface area (Å²) in [5.74, 6) is 0.500. The van der Waals surface area contributed by atoms with E-state index < -0.39 is 8.07 Å². The van der Waals surface area contributed by atoms with Crippen LogP contribution in [0, 0.1) is 17.5 Å². The van der Waals surface area contributed by atoms with Crippen LogP contribution in [0.1, 0.15) is 39.2 Å². The Morgan fingerprint density at radius 2 is 1.27 bits per heavy atom. The molecule has 6 aromatic rings. The van der Waals surface area contributed by atoms with Crippen LogP contribution in [-0.4, -0.2) is 18.0 Å². The molecule has 4 heteroatoms. The molecule has 0 bridgehead atoms. The Kier molecular flexibility index (Phi) is 11.1. The van der Waals surface area contributed by atoms with Crippen molar-refractivity contribution < 1.29 is 20.1 Å². The molecule has 45 heavy (non-hydrogen) atoms. The molecule has 0 fully saturated rings. The monoisotopic (exact) mass is 783 g/mol. The van der Waals surface area contributed by atoms with E-state index >= 15 is 0 Å². The quantitative estimate of drug-likeness (QED) is 0.129. The van der Waals surface area contributed by atoms with E-state index in [0.29, 0.717) is 5.92 Å². The van der Waals surface area contributed by atoms with Gasteiger partial charge in [0.1, 0.15) is 0 Å². The molecule has 4 aromatic carbocycles. The van der Waals surface area contributed by atoms with Gasteiger partial charge in [-0.25, -0.2) is 0 Å². The van der Waals surface area contributed by atoms with Gasteiger partial charge in [-0.2, -0.15) is 0 Å². The Labute approximate surface area is 284 Å². The van der Waals surface area contributed by atoms with Crippen molar-refractivity contribution in [1.29, 1.82) is 0 Å². The SMILES string of the molecule is CC(c1cc(-c2[c-]cccc2)ncc1[Si](C)(C)C)C(C)(C)C.[Ir].[c-]1ccccc1-c1ccc(-c2cccc3ccccc23)cn1. The molecule has 2 nitrogen and oxygen atoms in total. The molecular formula is C41H42IrN2Si-2. The Morgan fingerprint density at radius 3 is 1.84 bits per heavy atom. The summed E-state index contributed by atoms with van der Waals surface area (Å²) < 4.78 is 0. The molecule has 231 valence electrons. The Hall–Kier alpha value is -3.69. The second-order valence-electron chi connectivity index (χ2n) is 13.5. The normalized spacial score (nSPS) is 12.1. The summed E-state index contributed by atoms with van der Waals surface area (Å²) in [6.45, 7) is 16.5. The molecule has 0 amide bonds. The molecule has 0 aliphatic rings. The summed E-state index contributed by atoms with van der Waals surface area (Å²) in [5.41, 5.74) is 8.14. The largest absolute Gasteiger partial charge is 0.305 e. The van der Waals surface area contributed by atoms with E-state index in [0.717, 1.165) is 28.1 Å². The van der Waals surface area contributed by atoms with Crippen molar-refractivity contribution in [2.75, 3.05) is 0 Å². The standard InChI is InChI=1S/C21H14N.C20H28NSi.Ir/c1-2-8-17(9-3-1)21-14-13-18(15-22-21)20-12-6-10-16-7-4-5-11-19(16)20;1-15(20(2,3)4)17-13-18(16-11-9-8-10-12-16)21-14-19(17)22(5,6)7;/h1-8,10-15H;8-11,13-15H,1-7H3;/q2*-1;. The van der Waals surface area contributed by atoms with Gasteiger partial charge in [0.05, 0.1) is 8.07 Å². The zero-order valence-corrected chi connectivity index (χ0v) is 30.7. The minimum Gasteiger partial charge on any atom is -0.305 e. The smallest absolute Gasteiger partial charge is 0.0799 e. The van der Waals surface area contributed by atoms with Crippen LogP contribution in [0.2, 0.25) is 19.6 Å². The van der Waals surface area contributed by atoms with E-state index in [4.69, 9.17) is 4.98 Å². The minimum absolute atomic E-state index is 0. The van der Waals surface area contributed by atoms with Gasteiger partial charge in [0, 0.05) is 32.5 Å². The molecule has 1 radical (unpaired) electrons. The first-order chi connectivity index (χ1) is 21.0. The second kappa shape index (κ2) is 14.6. The van der Waals surface area contributed by atoms with Crippen LogP contribution in [0.25, 0.3) is 44.4 Å². The zero-order chi connectivity index (χ0) is 31.3. The van der Waals surface area contributed by atoms with Gasteiger partial charge in [-0.15, -0.1) is 71.8 Å². The molecular weight excluding hydrogens is 741 g/mol. The third-order valence-corrected chi connectivity index (χ3v) is 10.4. The van der Waals surface area contributed by atoms with Crippen LogP contribution in [0.4, 0.5) is 0 Å². The predicted molar refractivity (Wildman–Crippen MR) is 191 cm³/mol. The maximum Gasteiger partial charge on any atom is 0.0799 e. The second-order valence-corrected chi connectivity index (χ2v) is 18.5. The number of hydrogen-bond acceptors (Lipinski definition) is 2. The van der Waals surface area contributed by atoms with Gasteiger partial charge in [-0.05, 0) is 49.8 Å². The average molecular weight is 783 g/mol. The zero-order valence-electron chi connectivity index (χ0n) is 27.4. The predicted octanol–water partition coefficient (Wildman–Crippen LogP) is 10.6. The van der Waals surface area contributed by atoms with E-state index in [2.05, 4.69) is 137 Å². The van der Waals surface area contributed by atoms with Gasteiger partial charge in [0.25, 0.3) is 0 Å². The maximum absolute atomic E-state index is 4.74. The van der Waals surface area contributed by atoms with Crippen molar-refractivity contribution in [2.24, 2.45) is 5.41 Å². The molecule has 0 saturated heterocycles. The summed E-state index contributed by atoms with van der Waals surface area (Å²) in [5, 5.41) is 3.99. The van der Waals surface area contributed by atoms with Gasteiger partial charge in [-0.1, -0.05) is 114 Å². The Balaban J connectivity index is 0.000000200. The molecule has 0 N–H and O–H groups in total. The van der Waals surface area contributed by atoms with E-state index in [1.54, 1.807) is 0 Å². The number of aromatic nitrogens is 2. The number of benzene rings is 4. The first kappa shape index (κ1) is 34.2. The molecule has 1 atom stereocenters. The van der Waals surface area contributed by atoms with Crippen LogP contribution in [0.5, 0.6) is 0 Å². The van der Waals surface area contributed by atoms with E-state index in [1.165, 1.54) is 27.1 Å². The van der Waals surface area contributed by atoms with Crippen molar-refractivity contribution in [3.05, 3.63) is 139 Å². The van der Waals surface area contributed by atoms with Crippen molar-refractivity contribution in [1.82, 2.24) is 9.97 Å². The van der Waals surface area contributed by atoms with Crippen LogP contribution < -0.4 is 5.19 Å². The fourth-order valence-electron chi connectivity index (χ4n) is 5.36. The van der Waals surface area contributed by atoms with E-state index in [1.807, 2.05) is 48.7 Å². The van der Waals surface area contributed by atoms with Crippen molar-refractivity contribution in [2.45, 2.75) is 53.3 Å². The first-order valence-electron chi connectivity index (χ1n) is 15.4. The van der Waals surface area contributed by atoms with Crippen LogP contribution in [0.15, 0.2) is 122 Å². The molecule has 6 rings (SSSR count). The summed E-state index contributed by atoms with van der Waals surface area (Å²) in [7, 11) is -1.42. The summed E-state index contributed by atoms with van der Waals surface area (Å²) >= 11 is 0. The van der Waals surface area contributed by atoms with Crippen LogP contribution >= 0.6 is 0 Å². The summed E-state index contributed by atoms with van der Waals surface area (Å²) in [6.07, 6.45) is 4.07. The van der Waals surface area contributed by atoms with Gasteiger partial charge < -0.3 is 9.97 Å². The first-order valence-corrected chi connectivity index (χ1v) is 18.9. The summed E-state index contributed by atoms with van der Waals surface area (Å²) in [6, 6.07) is 43.8. The van der Waals surface area contributed by atoms with Crippen LogP contribution in [-0.2, 0) is 20.1 Å². The third kappa shape index (κ3) is 8.32. The van der Waals surface area contributed by atoms with E-state index in [9.17, 15) is 0 Å². The number of nitrogens with zero attached hydrogens (tertiary/aromatic N) is 2. The molecule has 1 unspecified atom stereocenters. The molecule has 0 spiro atoms. The molecule has 0 saturated carbocycles. The topological polar surface area (TPSA) is 25.8 Å². The third-order valence-electron chi connectivity index (χ3n) is 8.34. The minimum atomic E-state index is -1.42. The molecule has 2 heterocycles. The molecule has 2 aromatic heterocycles. The van der Waals surface area contributed by atoms with Gasteiger partial charge in [-0.3, -0.25) is 0 Å². The number of fused-ring (bicyclic) bond motifs is 1. The fraction of sp³-hybridized carbons (Fsp3) is 0.220. The van der Waals surface area contributed by atoms with Gasteiger partial charge in [0.15, 0.2) is 0 Å². The van der Waals surface area contributed by atoms with Crippen molar-refractivity contribution in [3.8, 4) is 33.6 Å². The van der Waals surface area contributed by atoms with Gasteiger partial charge >= 0.3 is 0 Å². The number of rotatable bonds is 5. The Morgan fingerprint density at radius 1 is 0.667 bits per heavy atom. The maximum atomic E-state index is 4.74. The number of hydrogen-bond donors (Lipinski definition) is 0. The van der Waals surface area contributed by atoms with Gasteiger partial charge in [0.2, 0.25) is 0 Å². The van der Waals surface area contributed by atoms with E-state index in [-0.39, 0.29) is 25.5 Å². The fourth-order valence-corrected chi connectivity index (χ4v) is 6.97. The van der Waals surface area contributed by atoms with Crippen molar-refractivity contribution >= 4 is 24.0 Å². The van der Waals surface area contributed by atoms with Crippen molar-refractivity contribution in [3.63, 3.8) is 0 Å².